The molecule has 15 heteroatoms. The summed E-state index contributed by atoms with van der Waals surface area (Å²) in [5.74, 6) is -2.52. The van der Waals surface area contributed by atoms with Crippen molar-refractivity contribution in [2.75, 3.05) is 26.1 Å². The van der Waals surface area contributed by atoms with Crippen molar-refractivity contribution in [1.29, 1.82) is 0 Å². The van der Waals surface area contributed by atoms with Crippen LogP contribution < -0.4 is 10.2 Å². The van der Waals surface area contributed by atoms with E-state index in [2.05, 4.69) is 15.5 Å². The molecule has 3 aliphatic rings. The number of hydrogen-bond acceptors (Lipinski definition) is 14. The monoisotopic (exact) mass is 709 g/mol. The number of benzene rings is 2. The maximum Gasteiger partial charge on any atom is 0.240 e. The topological polar surface area (TPSA) is 197 Å². The van der Waals surface area contributed by atoms with E-state index < -0.39 is 71.1 Å². The Morgan fingerprint density at radius 3 is 2.63 bits per heavy atom. The second kappa shape index (κ2) is 14.9. The Hall–Kier alpha value is -3.99. The number of phenols is 2. The molecule has 49 heavy (non-hydrogen) atoms. The van der Waals surface area contributed by atoms with Gasteiger partial charge in [0.05, 0.1) is 42.2 Å². The SMILES string of the molecule is COc1cccc2c1C(=O)c1c(O)c3c(c(O)c1C2=O)C[C@@](O)(/C(CO)=N/NC(=O)CCSSc1ccccn1)C[C@@H]3O[C@H]1CCCCO1. The average molecular weight is 710 g/mol. The van der Waals surface area contributed by atoms with Gasteiger partial charge < -0.3 is 34.6 Å². The van der Waals surface area contributed by atoms with Crippen LogP contribution in [0.3, 0.4) is 0 Å². The third kappa shape index (κ3) is 6.91. The first kappa shape index (κ1) is 34.9. The predicted molar refractivity (Wildman–Crippen MR) is 180 cm³/mol. The molecule has 0 radical (unpaired) electrons. The first-order valence-corrected chi connectivity index (χ1v) is 18.0. The van der Waals surface area contributed by atoms with Crippen molar-refractivity contribution < 1.29 is 49.0 Å². The largest absolute Gasteiger partial charge is 0.507 e. The van der Waals surface area contributed by atoms with Gasteiger partial charge in [0.25, 0.3) is 0 Å². The minimum absolute atomic E-state index is 0.0124. The summed E-state index contributed by atoms with van der Waals surface area (Å²) in [5.41, 5.74) is -0.783. The lowest BCUT2D eigenvalue weighted by Gasteiger charge is -2.41. The van der Waals surface area contributed by atoms with E-state index in [1.54, 1.807) is 6.20 Å². The Kier molecular flexibility index (Phi) is 10.6. The van der Waals surface area contributed by atoms with Gasteiger partial charge in [-0.25, -0.2) is 10.4 Å². The van der Waals surface area contributed by atoms with Crippen molar-refractivity contribution in [1.82, 2.24) is 10.4 Å². The highest BCUT2D eigenvalue weighted by Gasteiger charge is 2.49. The molecular weight excluding hydrogens is 675 g/mol. The Bertz CT molecular complexity index is 1800. The number of methoxy groups -OCH3 is 1. The van der Waals surface area contributed by atoms with Crippen LogP contribution in [0.5, 0.6) is 17.2 Å². The summed E-state index contributed by atoms with van der Waals surface area (Å²) in [5, 5.41) is 50.7. The zero-order chi connectivity index (χ0) is 34.7. The molecule has 3 atom stereocenters. The smallest absolute Gasteiger partial charge is 0.240 e. The van der Waals surface area contributed by atoms with Gasteiger partial charge in [-0.05, 0) is 48.3 Å². The van der Waals surface area contributed by atoms with E-state index in [-0.39, 0.29) is 46.6 Å². The van der Waals surface area contributed by atoms with Gasteiger partial charge in [0.2, 0.25) is 11.7 Å². The normalized spacial score (nSPS) is 21.8. The Morgan fingerprint density at radius 2 is 1.92 bits per heavy atom. The fourth-order valence-corrected chi connectivity index (χ4v) is 8.23. The van der Waals surface area contributed by atoms with Gasteiger partial charge in [0.15, 0.2) is 12.1 Å². The van der Waals surface area contributed by atoms with E-state index in [9.17, 15) is 34.8 Å². The summed E-state index contributed by atoms with van der Waals surface area (Å²) < 4.78 is 17.4. The number of fused-ring (bicyclic) bond motifs is 3. The molecule has 258 valence electrons. The number of carbonyl (C=O) groups excluding carboxylic acids is 3. The fraction of sp³-hybridized carbons (Fsp3) is 0.382. The molecule has 0 bridgehead atoms. The third-order valence-electron chi connectivity index (χ3n) is 8.73. The van der Waals surface area contributed by atoms with Crippen LogP contribution in [0.25, 0.3) is 0 Å². The molecule has 1 aromatic heterocycles. The number of nitrogens with one attached hydrogen (secondary N) is 1. The van der Waals surface area contributed by atoms with Crippen LogP contribution in [0, 0.1) is 0 Å². The molecule has 13 nitrogen and oxygen atoms in total. The van der Waals surface area contributed by atoms with Gasteiger partial charge in [0, 0.05) is 54.5 Å². The minimum atomic E-state index is -2.01. The van der Waals surface area contributed by atoms with Crippen molar-refractivity contribution in [2.24, 2.45) is 5.10 Å². The van der Waals surface area contributed by atoms with E-state index in [0.29, 0.717) is 18.8 Å². The summed E-state index contributed by atoms with van der Waals surface area (Å²) in [7, 11) is 4.21. The van der Waals surface area contributed by atoms with E-state index >= 15 is 0 Å². The molecule has 1 amide bonds. The first-order chi connectivity index (χ1) is 23.7. The maximum atomic E-state index is 13.9. The van der Waals surface area contributed by atoms with Gasteiger partial charge in [-0.15, -0.1) is 0 Å². The number of hydrazone groups is 1. The summed E-state index contributed by atoms with van der Waals surface area (Å²) in [6.45, 7) is -0.348. The summed E-state index contributed by atoms with van der Waals surface area (Å²) in [6.07, 6.45) is 1.26. The highest BCUT2D eigenvalue weighted by atomic mass is 33.1. The number of aliphatic hydroxyl groups is 2. The van der Waals surface area contributed by atoms with Crippen LogP contribution in [-0.2, 0) is 20.7 Å². The van der Waals surface area contributed by atoms with Crippen molar-refractivity contribution in [3.63, 3.8) is 0 Å². The molecule has 0 spiro atoms. The zero-order valence-electron chi connectivity index (χ0n) is 26.5. The second-order valence-electron chi connectivity index (χ2n) is 11.8. The van der Waals surface area contributed by atoms with E-state index in [0.717, 1.165) is 17.9 Å². The van der Waals surface area contributed by atoms with Crippen molar-refractivity contribution in [3.05, 3.63) is 76.0 Å². The number of aliphatic hydroxyl groups excluding tert-OH is 1. The number of rotatable bonds is 11. The van der Waals surface area contributed by atoms with E-state index in [1.807, 2.05) is 18.2 Å². The lowest BCUT2D eigenvalue weighted by Crippen LogP contribution is -2.49. The van der Waals surface area contributed by atoms with Crippen LogP contribution in [0.15, 0.2) is 52.7 Å². The van der Waals surface area contributed by atoms with Gasteiger partial charge >= 0.3 is 0 Å². The van der Waals surface area contributed by atoms with Crippen molar-refractivity contribution >= 4 is 44.8 Å². The highest BCUT2D eigenvalue weighted by molar-refractivity contribution is 8.76. The quantitative estimate of drug-likeness (QED) is 0.0496. The first-order valence-electron chi connectivity index (χ1n) is 15.7. The molecule has 2 heterocycles. The number of aromatic nitrogens is 1. The standard InChI is InChI=1S/C34H35N3O10S2/c1-45-20-8-6-7-18-26(20)32(42)29-28(30(18)40)31(41)19-15-34(44,16-21(27(19)33(29)43)47-25-10-3-5-13-46-25)22(17-38)36-37-23(39)11-14-48-49-24-9-2-4-12-35-24/h2,4,6-9,12,21,25,38,41,43-44H,3,5,10-11,13-17H2,1H3,(H,37,39)/b36-22+/t21-,25-,34-/m0/s1. The number of nitrogens with zero attached hydrogens (tertiary/aromatic N) is 2. The lowest BCUT2D eigenvalue weighted by atomic mass is 9.71. The molecule has 1 saturated heterocycles. The molecule has 3 aromatic rings. The molecule has 0 unspecified atom stereocenters. The number of ketones is 2. The number of aromatic hydroxyl groups is 2. The molecule has 2 aromatic carbocycles. The second-order valence-corrected chi connectivity index (χ2v) is 14.2. The number of phenolic OH excluding ortho intramolecular Hbond substituents is 2. The Balaban J connectivity index is 1.32. The Morgan fingerprint density at radius 1 is 1.10 bits per heavy atom. The van der Waals surface area contributed by atoms with Gasteiger partial charge in [-0.3, -0.25) is 14.4 Å². The van der Waals surface area contributed by atoms with Gasteiger partial charge in [-0.1, -0.05) is 29.0 Å². The summed E-state index contributed by atoms with van der Waals surface area (Å²) in [6, 6.07) is 10.0. The number of ether oxygens (including phenoxy) is 3. The Labute approximate surface area is 289 Å². The fourth-order valence-electron chi connectivity index (χ4n) is 6.36. The average Bonchev–Trinajstić information content (AvgIpc) is 3.11. The van der Waals surface area contributed by atoms with Crippen molar-refractivity contribution in [2.45, 2.75) is 61.5 Å². The zero-order valence-corrected chi connectivity index (χ0v) is 28.1. The van der Waals surface area contributed by atoms with Crippen LogP contribution in [0.2, 0.25) is 0 Å². The summed E-state index contributed by atoms with van der Waals surface area (Å²) in [4.78, 5) is 44.5. The number of hydrogen-bond donors (Lipinski definition) is 5. The molecular formula is C34H35N3O10S2. The molecule has 0 saturated carbocycles. The van der Waals surface area contributed by atoms with Crippen LogP contribution in [0.1, 0.15) is 81.2 Å². The minimum Gasteiger partial charge on any atom is -0.507 e. The van der Waals surface area contributed by atoms with Gasteiger partial charge in [-0.2, -0.15) is 5.10 Å². The number of carbonyl (C=O) groups is 3. The molecule has 2 aliphatic carbocycles. The van der Waals surface area contributed by atoms with Crippen LogP contribution in [0.4, 0.5) is 0 Å². The maximum absolute atomic E-state index is 13.9. The van der Waals surface area contributed by atoms with Crippen molar-refractivity contribution in [3.8, 4) is 17.2 Å². The molecule has 6 rings (SSSR count). The van der Waals surface area contributed by atoms with E-state index in [1.165, 1.54) is 46.9 Å². The molecule has 5 N–H and O–H groups in total. The van der Waals surface area contributed by atoms with Crippen LogP contribution in [-0.4, -0.2) is 86.6 Å². The third-order valence-corrected chi connectivity index (χ3v) is 11.0. The number of amides is 1. The van der Waals surface area contributed by atoms with E-state index in [4.69, 9.17) is 14.2 Å². The van der Waals surface area contributed by atoms with Gasteiger partial charge in [0.1, 0.15) is 27.9 Å². The molecule has 1 fully saturated rings. The number of pyridine rings is 1. The lowest BCUT2D eigenvalue weighted by molar-refractivity contribution is -0.199. The summed E-state index contributed by atoms with van der Waals surface area (Å²) >= 11 is 0. The highest BCUT2D eigenvalue weighted by Crippen LogP contribution is 2.52. The molecule has 1 aliphatic heterocycles. The van der Waals surface area contributed by atoms with Crippen LogP contribution >= 0.6 is 21.6 Å². The predicted octanol–water partition coefficient (Wildman–Crippen LogP) is 3.83.